The molecule has 0 bridgehead atoms. The molecule has 0 aliphatic carbocycles. The number of hydrogen-bond acceptors (Lipinski definition) is 6. The predicted octanol–water partition coefficient (Wildman–Crippen LogP) is 1.70. The zero-order chi connectivity index (χ0) is 21.2. The molecule has 1 aromatic carbocycles. The van der Waals surface area contributed by atoms with Crippen LogP contribution in [-0.2, 0) is 6.54 Å². The average molecular weight is 412 g/mol. The summed E-state index contributed by atoms with van der Waals surface area (Å²) >= 11 is 0. The highest BCUT2D eigenvalue weighted by Crippen LogP contribution is 2.19. The molecule has 1 N–H and O–H groups in total. The third-order valence-electron chi connectivity index (χ3n) is 4.92. The molecule has 0 radical (unpaired) electrons. The molecule has 1 aliphatic heterocycles. The molecule has 8 nitrogen and oxygen atoms in total. The van der Waals surface area contributed by atoms with Gasteiger partial charge >= 0.3 is 0 Å². The molecule has 0 saturated carbocycles. The lowest BCUT2D eigenvalue weighted by Crippen LogP contribution is -2.52. The van der Waals surface area contributed by atoms with Gasteiger partial charge in [-0.2, -0.15) is 0 Å². The van der Waals surface area contributed by atoms with Gasteiger partial charge < -0.3 is 24.8 Å². The van der Waals surface area contributed by atoms with E-state index in [1.54, 1.807) is 12.4 Å². The minimum Gasteiger partial charge on any atom is -0.492 e. The lowest BCUT2D eigenvalue weighted by atomic mass is 10.2. The molecule has 8 heteroatoms. The molecule has 1 saturated heterocycles. The van der Waals surface area contributed by atoms with Crippen molar-refractivity contribution in [2.24, 2.45) is 4.99 Å². The number of benzene rings is 1. The fourth-order valence-corrected chi connectivity index (χ4v) is 3.27. The Morgan fingerprint density at radius 2 is 1.83 bits per heavy atom. The van der Waals surface area contributed by atoms with E-state index in [1.165, 1.54) is 0 Å². The average Bonchev–Trinajstić information content (AvgIpc) is 2.78. The highest BCUT2D eigenvalue weighted by Gasteiger charge is 2.21. The van der Waals surface area contributed by atoms with E-state index in [0.717, 1.165) is 62.5 Å². The Morgan fingerprint density at radius 3 is 2.53 bits per heavy atom. The minimum atomic E-state index is 0.586. The van der Waals surface area contributed by atoms with Gasteiger partial charge in [0.1, 0.15) is 12.4 Å². The lowest BCUT2D eigenvalue weighted by molar-refractivity contribution is 0.259. The van der Waals surface area contributed by atoms with Gasteiger partial charge in [-0.3, -0.25) is 0 Å². The zero-order valence-electron chi connectivity index (χ0n) is 18.3. The predicted molar refractivity (Wildman–Crippen MR) is 121 cm³/mol. The Balaban J connectivity index is 1.61. The molecule has 0 amide bonds. The molecule has 1 aliphatic rings. The van der Waals surface area contributed by atoms with Crippen LogP contribution in [0.2, 0.25) is 0 Å². The number of ether oxygens (including phenoxy) is 1. The van der Waals surface area contributed by atoms with E-state index in [2.05, 4.69) is 43.0 Å². The highest BCUT2D eigenvalue weighted by molar-refractivity contribution is 5.80. The van der Waals surface area contributed by atoms with Crippen LogP contribution >= 0.6 is 0 Å². The number of nitrogens with one attached hydrogen (secondary N) is 1. The van der Waals surface area contributed by atoms with E-state index in [-0.39, 0.29) is 0 Å². The highest BCUT2D eigenvalue weighted by atomic mass is 16.5. The molecular formula is C22H33N7O. The van der Waals surface area contributed by atoms with Crippen molar-refractivity contribution in [1.82, 2.24) is 25.1 Å². The van der Waals surface area contributed by atoms with Gasteiger partial charge in [-0.25, -0.2) is 15.0 Å². The number of likely N-dealkylation sites (N-methyl/N-ethyl adjacent to an activating group) is 1. The Kier molecular flexibility index (Phi) is 8.26. The van der Waals surface area contributed by atoms with Crippen molar-refractivity contribution in [2.45, 2.75) is 13.5 Å². The minimum absolute atomic E-state index is 0.586. The van der Waals surface area contributed by atoms with Crippen LogP contribution in [-0.4, -0.2) is 85.7 Å². The summed E-state index contributed by atoms with van der Waals surface area (Å²) in [6, 6.07) is 10.00. The maximum Gasteiger partial charge on any atom is 0.225 e. The second-order valence-electron chi connectivity index (χ2n) is 7.45. The van der Waals surface area contributed by atoms with Crippen LogP contribution in [0.3, 0.4) is 0 Å². The first-order valence-electron chi connectivity index (χ1n) is 10.6. The molecule has 3 rings (SSSR count). The maximum absolute atomic E-state index is 5.98. The number of nitrogens with zero attached hydrogens (tertiary/aromatic N) is 6. The van der Waals surface area contributed by atoms with Crippen molar-refractivity contribution in [3.63, 3.8) is 0 Å². The van der Waals surface area contributed by atoms with Crippen molar-refractivity contribution in [1.29, 1.82) is 0 Å². The normalized spacial score (nSPS) is 14.9. The zero-order valence-corrected chi connectivity index (χ0v) is 18.3. The smallest absolute Gasteiger partial charge is 0.225 e. The van der Waals surface area contributed by atoms with E-state index < -0.39 is 0 Å². The quantitative estimate of drug-likeness (QED) is 0.524. The molecule has 0 spiro atoms. The fourth-order valence-electron chi connectivity index (χ4n) is 3.27. The molecule has 0 atom stereocenters. The summed E-state index contributed by atoms with van der Waals surface area (Å²) in [6.45, 7) is 8.58. The van der Waals surface area contributed by atoms with E-state index >= 15 is 0 Å². The third kappa shape index (κ3) is 6.32. The molecule has 1 aromatic heterocycles. The number of anilines is 1. The van der Waals surface area contributed by atoms with E-state index in [0.29, 0.717) is 13.2 Å². The van der Waals surface area contributed by atoms with Crippen molar-refractivity contribution >= 4 is 11.9 Å². The molecule has 1 fully saturated rings. The monoisotopic (exact) mass is 411 g/mol. The number of aliphatic imine (C=N–C) groups is 1. The summed E-state index contributed by atoms with van der Waals surface area (Å²) in [7, 11) is 4.10. The van der Waals surface area contributed by atoms with Crippen molar-refractivity contribution in [2.75, 3.05) is 64.9 Å². The molecular weight excluding hydrogens is 378 g/mol. The fraction of sp³-hybridized carbons (Fsp3) is 0.500. The number of rotatable bonds is 8. The molecule has 2 aromatic rings. The second kappa shape index (κ2) is 11.3. The Labute approximate surface area is 179 Å². The summed E-state index contributed by atoms with van der Waals surface area (Å²) in [6.07, 6.45) is 3.58. The lowest BCUT2D eigenvalue weighted by Gasteiger charge is -2.36. The number of guanidine groups is 1. The largest absolute Gasteiger partial charge is 0.492 e. The Hall–Kier alpha value is -2.87. The van der Waals surface area contributed by atoms with Gasteiger partial charge in [-0.1, -0.05) is 18.2 Å². The summed E-state index contributed by atoms with van der Waals surface area (Å²) in [4.78, 5) is 20.3. The first kappa shape index (κ1) is 21.8. The van der Waals surface area contributed by atoms with Gasteiger partial charge in [0, 0.05) is 57.2 Å². The summed E-state index contributed by atoms with van der Waals surface area (Å²) in [5.41, 5.74) is 1.10. The molecule has 162 valence electrons. The van der Waals surface area contributed by atoms with Crippen LogP contribution in [0.5, 0.6) is 5.75 Å². The Morgan fingerprint density at radius 1 is 1.10 bits per heavy atom. The second-order valence-corrected chi connectivity index (χ2v) is 7.45. The first-order valence-corrected chi connectivity index (χ1v) is 10.6. The third-order valence-corrected chi connectivity index (χ3v) is 4.92. The van der Waals surface area contributed by atoms with Gasteiger partial charge in [-0.05, 0) is 33.2 Å². The van der Waals surface area contributed by atoms with Gasteiger partial charge in [-0.15, -0.1) is 0 Å². The van der Waals surface area contributed by atoms with Crippen LogP contribution in [0.25, 0.3) is 0 Å². The van der Waals surface area contributed by atoms with E-state index in [1.807, 2.05) is 38.4 Å². The first-order chi connectivity index (χ1) is 14.7. The standard InChI is InChI=1S/C22H33N7O/c1-4-23-21(28-12-14-29(15-13-28)22-24-10-7-11-25-22)26-18-19-8-5-6-9-20(19)30-17-16-27(2)3/h5-11H,4,12-18H2,1-3H3,(H,23,26). The van der Waals surface area contributed by atoms with Crippen molar-refractivity contribution < 1.29 is 4.74 Å². The van der Waals surface area contributed by atoms with Crippen molar-refractivity contribution in [3.8, 4) is 5.75 Å². The van der Waals surface area contributed by atoms with Gasteiger partial charge in [0.15, 0.2) is 5.96 Å². The van der Waals surface area contributed by atoms with Gasteiger partial charge in [0.2, 0.25) is 5.95 Å². The van der Waals surface area contributed by atoms with E-state index in [9.17, 15) is 0 Å². The summed E-state index contributed by atoms with van der Waals surface area (Å²) in [5.74, 6) is 2.64. The number of para-hydroxylation sites is 1. The topological polar surface area (TPSA) is 69.1 Å². The Bertz CT molecular complexity index is 789. The summed E-state index contributed by atoms with van der Waals surface area (Å²) < 4.78 is 5.98. The summed E-state index contributed by atoms with van der Waals surface area (Å²) in [5, 5.41) is 3.43. The molecule has 0 unspecified atom stereocenters. The van der Waals surface area contributed by atoms with Crippen LogP contribution in [0, 0.1) is 0 Å². The SMILES string of the molecule is CCNC(=NCc1ccccc1OCCN(C)C)N1CCN(c2ncccn2)CC1. The number of hydrogen-bond donors (Lipinski definition) is 1. The number of piperazine rings is 1. The number of aromatic nitrogens is 2. The maximum atomic E-state index is 5.98. The van der Waals surface area contributed by atoms with Crippen LogP contribution < -0.4 is 15.0 Å². The van der Waals surface area contributed by atoms with Gasteiger partial charge in [0.25, 0.3) is 0 Å². The van der Waals surface area contributed by atoms with Crippen LogP contribution in [0.4, 0.5) is 5.95 Å². The molecule has 2 heterocycles. The van der Waals surface area contributed by atoms with Crippen molar-refractivity contribution in [3.05, 3.63) is 48.3 Å². The van der Waals surface area contributed by atoms with E-state index in [4.69, 9.17) is 9.73 Å². The van der Waals surface area contributed by atoms with Crippen LogP contribution in [0.1, 0.15) is 12.5 Å². The van der Waals surface area contributed by atoms with Crippen LogP contribution in [0.15, 0.2) is 47.7 Å². The molecule has 30 heavy (non-hydrogen) atoms. The van der Waals surface area contributed by atoms with Gasteiger partial charge in [0.05, 0.1) is 6.54 Å².